The van der Waals surface area contributed by atoms with Crippen LogP contribution in [0.25, 0.3) is 0 Å². The van der Waals surface area contributed by atoms with Crippen molar-refractivity contribution in [1.29, 1.82) is 5.26 Å². The first kappa shape index (κ1) is 8.55. The van der Waals surface area contributed by atoms with Crippen molar-refractivity contribution in [3.8, 4) is 6.07 Å². The minimum absolute atomic E-state index is 0.0884. The second-order valence-corrected chi connectivity index (χ2v) is 3.80. The van der Waals surface area contributed by atoms with Crippen molar-refractivity contribution >= 4 is 0 Å². The highest BCUT2D eigenvalue weighted by atomic mass is 16.5. The highest BCUT2D eigenvalue weighted by Gasteiger charge is 2.43. The summed E-state index contributed by atoms with van der Waals surface area (Å²) >= 11 is 0. The fourth-order valence-electron chi connectivity index (χ4n) is 0.929. The summed E-state index contributed by atoms with van der Waals surface area (Å²) in [5.41, 5.74) is -0.0884. The summed E-state index contributed by atoms with van der Waals surface area (Å²) in [6.07, 6.45) is 2.06. The van der Waals surface area contributed by atoms with E-state index in [1.807, 2.05) is 0 Å². The van der Waals surface area contributed by atoms with Gasteiger partial charge in [0.1, 0.15) is 0 Å². The molecule has 0 spiro atoms. The Morgan fingerprint density at radius 2 is 2.18 bits per heavy atom. The van der Waals surface area contributed by atoms with Crippen LogP contribution in [0.1, 0.15) is 26.7 Å². The van der Waals surface area contributed by atoms with Gasteiger partial charge in [-0.1, -0.05) is 13.8 Å². The molecule has 11 heavy (non-hydrogen) atoms. The Morgan fingerprint density at radius 1 is 1.55 bits per heavy atom. The normalized spacial score (nSPS) is 19.8. The molecular formula is C9H15NO. The van der Waals surface area contributed by atoms with E-state index >= 15 is 0 Å². The standard InChI is InChI=1S/C9H15NO/c1-8(2)5-11-7-9(6-10)3-4-9/h8H,3-5,7H2,1-2H3. The molecule has 1 aliphatic rings. The molecule has 0 saturated heterocycles. The molecule has 0 aliphatic heterocycles. The average Bonchev–Trinajstić information content (AvgIpc) is 2.69. The van der Waals surface area contributed by atoms with Crippen LogP contribution in [0.3, 0.4) is 0 Å². The van der Waals surface area contributed by atoms with Gasteiger partial charge in [-0.2, -0.15) is 5.26 Å². The molecule has 1 aliphatic carbocycles. The fourth-order valence-corrected chi connectivity index (χ4v) is 0.929. The van der Waals surface area contributed by atoms with Gasteiger partial charge in [0.05, 0.1) is 18.1 Å². The molecule has 2 nitrogen and oxygen atoms in total. The topological polar surface area (TPSA) is 33.0 Å². The van der Waals surface area contributed by atoms with Crippen LogP contribution < -0.4 is 0 Å². The summed E-state index contributed by atoms with van der Waals surface area (Å²) in [4.78, 5) is 0. The number of hydrogen-bond donors (Lipinski definition) is 0. The molecule has 0 radical (unpaired) electrons. The van der Waals surface area contributed by atoms with Gasteiger partial charge in [0.2, 0.25) is 0 Å². The van der Waals surface area contributed by atoms with Crippen LogP contribution >= 0.6 is 0 Å². The van der Waals surface area contributed by atoms with Crippen molar-refractivity contribution in [2.24, 2.45) is 11.3 Å². The highest BCUT2D eigenvalue weighted by Crippen LogP contribution is 2.44. The van der Waals surface area contributed by atoms with E-state index in [9.17, 15) is 0 Å². The predicted octanol–water partition coefficient (Wildman–Crippen LogP) is 1.96. The minimum Gasteiger partial charge on any atom is -0.380 e. The average molecular weight is 153 g/mol. The van der Waals surface area contributed by atoms with Gasteiger partial charge in [0, 0.05) is 6.61 Å². The monoisotopic (exact) mass is 153 g/mol. The molecule has 0 aromatic rings. The lowest BCUT2D eigenvalue weighted by Gasteiger charge is -2.08. The van der Waals surface area contributed by atoms with Gasteiger partial charge in [-0.05, 0) is 18.8 Å². The molecule has 62 valence electrons. The number of rotatable bonds is 4. The molecule has 0 heterocycles. The molecule has 0 bridgehead atoms. The molecule has 0 amide bonds. The number of ether oxygens (including phenoxy) is 1. The summed E-state index contributed by atoms with van der Waals surface area (Å²) in [5, 5.41) is 8.69. The lowest BCUT2D eigenvalue weighted by molar-refractivity contribution is 0.0864. The van der Waals surface area contributed by atoms with E-state index in [1.165, 1.54) is 0 Å². The van der Waals surface area contributed by atoms with E-state index in [-0.39, 0.29) is 5.41 Å². The van der Waals surface area contributed by atoms with Gasteiger partial charge >= 0.3 is 0 Å². The maximum Gasteiger partial charge on any atom is 0.0808 e. The van der Waals surface area contributed by atoms with Gasteiger partial charge in [0.15, 0.2) is 0 Å². The molecular weight excluding hydrogens is 138 g/mol. The van der Waals surface area contributed by atoms with Crippen LogP contribution in [0.4, 0.5) is 0 Å². The van der Waals surface area contributed by atoms with E-state index in [2.05, 4.69) is 19.9 Å². The first-order valence-electron chi connectivity index (χ1n) is 4.17. The Labute approximate surface area is 68.2 Å². The number of nitriles is 1. The van der Waals surface area contributed by atoms with Crippen LogP contribution in [0.2, 0.25) is 0 Å². The predicted molar refractivity (Wildman–Crippen MR) is 42.9 cm³/mol. The zero-order chi connectivity index (χ0) is 8.32. The molecule has 0 N–H and O–H groups in total. The maximum atomic E-state index is 8.69. The highest BCUT2D eigenvalue weighted by molar-refractivity contribution is 5.09. The van der Waals surface area contributed by atoms with Gasteiger partial charge in [-0.25, -0.2) is 0 Å². The molecule has 1 rings (SSSR count). The number of hydrogen-bond acceptors (Lipinski definition) is 2. The van der Waals surface area contributed by atoms with Gasteiger partial charge in [-0.3, -0.25) is 0 Å². The van der Waals surface area contributed by atoms with E-state index in [4.69, 9.17) is 10.00 Å². The summed E-state index contributed by atoms with van der Waals surface area (Å²) in [5.74, 6) is 0.574. The summed E-state index contributed by atoms with van der Waals surface area (Å²) in [6.45, 7) is 5.66. The first-order valence-corrected chi connectivity index (χ1v) is 4.17. The molecule has 0 atom stereocenters. The lowest BCUT2D eigenvalue weighted by Crippen LogP contribution is -2.11. The van der Waals surface area contributed by atoms with Crippen LogP contribution in [0, 0.1) is 22.7 Å². The third kappa shape index (κ3) is 2.51. The number of nitrogens with zero attached hydrogens (tertiary/aromatic N) is 1. The molecule has 0 aromatic carbocycles. The Kier molecular flexibility index (Phi) is 2.51. The molecule has 0 aromatic heterocycles. The van der Waals surface area contributed by atoms with Crippen molar-refractivity contribution in [2.45, 2.75) is 26.7 Å². The summed E-state index contributed by atoms with van der Waals surface area (Å²) in [6, 6.07) is 2.30. The van der Waals surface area contributed by atoms with Crippen LogP contribution in [0.15, 0.2) is 0 Å². The van der Waals surface area contributed by atoms with Crippen LogP contribution in [-0.2, 0) is 4.74 Å². The Morgan fingerprint density at radius 3 is 2.55 bits per heavy atom. The zero-order valence-corrected chi connectivity index (χ0v) is 7.26. The van der Waals surface area contributed by atoms with E-state index in [0.717, 1.165) is 19.4 Å². The van der Waals surface area contributed by atoms with Crippen molar-refractivity contribution in [1.82, 2.24) is 0 Å². The third-order valence-corrected chi connectivity index (χ3v) is 1.92. The third-order valence-electron chi connectivity index (χ3n) is 1.92. The smallest absolute Gasteiger partial charge is 0.0808 e. The quantitative estimate of drug-likeness (QED) is 0.618. The van der Waals surface area contributed by atoms with Gasteiger partial charge in [-0.15, -0.1) is 0 Å². The van der Waals surface area contributed by atoms with E-state index in [1.54, 1.807) is 0 Å². The van der Waals surface area contributed by atoms with Crippen molar-refractivity contribution in [3.05, 3.63) is 0 Å². The molecule has 0 unspecified atom stereocenters. The second kappa shape index (κ2) is 3.23. The van der Waals surface area contributed by atoms with Crippen LogP contribution in [0.5, 0.6) is 0 Å². The summed E-state index contributed by atoms with van der Waals surface area (Å²) < 4.78 is 5.39. The SMILES string of the molecule is CC(C)COCC1(C#N)CC1. The molecule has 2 heteroatoms. The second-order valence-electron chi connectivity index (χ2n) is 3.80. The van der Waals surface area contributed by atoms with Crippen molar-refractivity contribution in [2.75, 3.05) is 13.2 Å². The van der Waals surface area contributed by atoms with Crippen molar-refractivity contribution in [3.63, 3.8) is 0 Å². The largest absolute Gasteiger partial charge is 0.380 e. The van der Waals surface area contributed by atoms with Gasteiger partial charge in [0.25, 0.3) is 0 Å². The first-order chi connectivity index (χ1) is 5.18. The lowest BCUT2D eigenvalue weighted by atomic mass is 10.1. The Bertz CT molecular complexity index is 165. The Hall–Kier alpha value is -0.550. The molecule has 1 saturated carbocycles. The fraction of sp³-hybridized carbons (Fsp3) is 0.889. The van der Waals surface area contributed by atoms with Gasteiger partial charge < -0.3 is 4.74 Å². The van der Waals surface area contributed by atoms with Crippen molar-refractivity contribution < 1.29 is 4.74 Å². The van der Waals surface area contributed by atoms with Crippen LogP contribution in [-0.4, -0.2) is 13.2 Å². The Balaban J connectivity index is 2.09. The summed E-state index contributed by atoms with van der Waals surface area (Å²) in [7, 11) is 0. The van der Waals surface area contributed by atoms with E-state index < -0.39 is 0 Å². The maximum absolute atomic E-state index is 8.69. The minimum atomic E-state index is -0.0884. The van der Waals surface area contributed by atoms with E-state index in [0.29, 0.717) is 12.5 Å². The zero-order valence-electron chi connectivity index (χ0n) is 7.26. The molecule has 1 fully saturated rings.